The summed E-state index contributed by atoms with van der Waals surface area (Å²) in [6.45, 7) is 9.53. The van der Waals surface area contributed by atoms with Crippen LogP contribution in [0.1, 0.15) is 124 Å². The van der Waals surface area contributed by atoms with E-state index in [0.29, 0.717) is 0 Å². The van der Waals surface area contributed by atoms with Crippen molar-refractivity contribution in [3.05, 3.63) is 0 Å². The van der Waals surface area contributed by atoms with Gasteiger partial charge in [-0.2, -0.15) is 0 Å². The Bertz CT molecular complexity index is 251. The van der Waals surface area contributed by atoms with Gasteiger partial charge in [-0.05, 0) is 0 Å². The molecular formula is C23H50IP. The van der Waals surface area contributed by atoms with Crippen LogP contribution in [0.3, 0.4) is 0 Å². The SMILES string of the molecule is CCCCCCCP(I)(CC)(CCCCCCC)CCCCCCC. The van der Waals surface area contributed by atoms with Gasteiger partial charge in [0.1, 0.15) is 0 Å². The average molecular weight is 485 g/mol. The summed E-state index contributed by atoms with van der Waals surface area (Å²) in [6, 6.07) is 0. The molecule has 2 heteroatoms. The molecule has 0 saturated heterocycles. The zero-order chi connectivity index (χ0) is 18.9. The molecule has 0 fully saturated rings. The Labute approximate surface area is 174 Å². The van der Waals surface area contributed by atoms with E-state index in [2.05, 4.69) is 49.7 Å². The van der Waals surface area contributed by atoms with Crippen molar-refractivity contribution >= 4 is 26.3 Å². The van der Waals surface area contributed by atoms with Crippen LogP contribution in [0, 0.1) is 0 Å². The number of halogens is 1. The second-order valence-electron chi connectivity index (χ2n) is 8.55. The molecule has 0 aliphatic heterocycles. The van der Waals surface area contributed by atoms with E-state index in [4.69, 9.17) is 0 Å². The minimum absolute atomic E-state index is 1.37. The maximum atomic E-state index is 3.09. The topological polar surface area (TPSA) is 0 Å². The molecule has 0 aromatic rings. The molecule has 0 radical (unpaired) electrons. The summed E-state index contributed by atoms with van der Waals surface area (Å²) in [7, 11) is 0. The molecule has 0 N–H and O–H groups in total. The van der Waals surface area contributed by atoms with Crippen molar-refractivity contribution in [1.29, 1.82) is 0 Å². The van der Waals surface area contributed by atoms with Crippen LogP contribution in [0.5, 0.6) is 0 Å². The molecule has 25 heavy (non-hydrogen) atoms. The molecule has 0 unspecified atom stereocenters. The summed E-state index contributed by atoms with van der Waals surface area (Å²) < 4.78 is -1.47. The van der Waals surface area contributed by atoms with Crippen LogP contribution in [-0.2, 0) is 0 Å². The number of unbranched alkanes of at least 4 members (excludes halogenated alkanes) is 12. The van der Waals surface area contributed by atoms with Crippen molar-refractivity contribution in [2.24, 2.45) is 0 Å². The van der Waals surface area contributed by atoms with Crippen molar-refractivity contribution < 1.29 is 0 Å². The molecule has 0 aliphatic rings. The molecule has 0 saturated carbocycles. The standard InChI is InChI=1S/C23H50IP/c1-5-9-12-15-18-21-25(24,8-4,22-19-16-13-10-6-2)23-20-17-14-11-7-3/h5-23H2,1-4H3. The Kier molecular flexibility index (Phi) is 16.9. The van der Waals surface area contributed by atoms with Crippen molar-refractivity contribution in [2.45, 2.75) is 124 Å². The van der Waals surface area contributed by atoms with Crippen molar-refractivity contribution in [1.82, 2.24) is 0 Å². The normalized spacial score (nSPS) is 13.7. The second-order valence-corrected chi connectivity index (χ2v) is 22.4. The van der Waals surface area contributed by atoms with Gasteiger partial charge < -0.3 is 0 Å². The predicted molar refractivity (Wildman–Crippen MR) is 132 cm³/mol. The van der Waals surface area contributed by atoms with Gasteiger partial charge in [0.2, 0.25) is 0 Å². The van der Waals surface area contributed by atoms with Crippen LogP contribution in [0.25, 0.3) is 0 Å². The monoisotopic (exact) mass is 484 g/mol. The van der Waals surface area contributed by atoms with Crippen molar-refractivity contribution in [2.75, 3.05) is 24.6 Å². The molecule has 0 heterocycles. The predicted octanol–water partition coefficient (Wildman–Crippen LogP) is 9.82. The maximum absolute atomic E-state index is 3.09. The van der Waals surface area contributed by atoms with Crippen LogP contribution < -0.4 is 0 Å². The van der Waals surface area contributed by atoms with Gasteiger partial charge in [0.25, 0.3) is 0 Å². The van der Waals surface area contributed by atoms with E-state index in [-0.39, 0.29) is 0 Å². The molecule has 0 amide bonds. The van der Waals surface area contributed by atoms with E-state index >= 15 is 0 Å². The second kappa shape index (κ2) is 16.1. The molecule has 0 nitrogen and oxygen atoms in total. The van der Waals surface area contributed by atoms with Crippen LogP contribution in [-0.4, -0.2) is 24.6 Å². The molecule has 0 spiro atoms. The third-order valence-corrected chi connectivity index (χ3v) is 18.5. The third-order valence-electron chi connectivity index (χ3n) is 6.25. The zero-order valence-electron chi connectivity index (χ0n) is 18.3. The number of hydrogen-bond donors (Lipinski definition) is 0. The van der Waals surface area contributed by atoms with E-state index in [1.807, 2.05) is 0 Å². The van der Waals surface area contributed by atoms with Gasteiger partial charge in [-0.3, -0.25) is 0 Å². The zero-order valence-corrected chi connectivity index (χ0v) is 21.3. The van der Waals surface area contributed by atoms with E-state index in [9.17, 15) is 0 Å². The van der Waals surface area contributed by atoms with Crippen LogP contribution in [0.15, 0.2) is 0 Å². The molecule has 0 aliphatic carbocycles. The average Bonchev–Trinajstić information content (AvgIpc) is 2.62. The summed E-state index contributed by atoms with van der Waals surface area (Å²) >= 11 is 3.09. The van der Waals surface area contributed by atoms with Gasteiger partial charge in [-0.1, -0.05) is 0 Å². The molecular weight excluding hydrogens is 434 g/mol. The summed E-state index contributed by atoms with van der Waals surface area (Å²) in [4.78, 5) is 0. The molecule has 0 atom stereocenters. The summed E-state index contributed by atoms with van der Waals surface area (Å²) in [5, 5.41) is 0. The third kappa shape index (κ3) is 13.0. The van der Waals surface area contributed by atoms with E-state index in [1.165, 1.54) is 102 Å². The Morgan fingerprint density at radius 3 is 0.960 bits per heavy atom. The van der Waals surface area contributed by atoms with Gasteiger partial charge in [0.05, 0.1) is 0 Å². The van der Waals surface area contributed by atoms with Gasteiger partial charge in [-0.15, -0.1) is 0 Å². The molecule has 0 bridgehead atoms. The van der Waals surface area contributed by atoms with Crippen molar-refractivity contribution in [3.63, 3.8) is 0 Å². The Balaban J connectivity index is 4.53. The summed E-state index contributed by atoms with van der Waals surface area (Å²) in [5.74, 6) is 0. The first kappa shape index (κ1) is 26.2. The first-order valence-electron chi connectivity index (χ1n) is 11.8. The molecule has 0 rings (SSSR count). The Morgan fingerprint density at radius 2 is 0.720 bits per heavy atom. The van der Waals surface area contributed by atoms with Crippen molar-refractivity contribution in [3.8, 4) is 0 Å². The fourth-order valence-corrected chi connectivity index (χ4v) is 11.9. The quantitative estimate of drug-likeness (QED) is 0.0972. The van der Waals surface area contributed by atoms with Crippen LogP contribution >= 0.6 is 26.3 Å². The summed E-state index contributed by atoms with van der Waals surface area (Å²) in [5.41, 5.74) is 0. The van der Waals surface area contributed by atoms with Gasteiger partial charge in [0, 0.05) is 0 Å². The number of hydrogen-bond acceptors (Lipinski definition) is 0. The Morgan fingerprint density at radius 1 is 0.440 bits per heavy atom. The Hall–Kier alpha value is 1.16. The first-order chi connectivity index (χ1) is 12.0. The fraction of sp³-hybridized carbons (Fsp3) is 1.00. The summed E-state index contributed by atoms with van der Waals surface area (Å²) in [6.07, 6.45) is 28.1. The van der Waals surface area contributed by atoms with Gasteiger partial charge >= 0.3 is 175 Å². The minimum atomic E-state index is -1.47. The fourth-order valence-electron chi connectivity index (χ4n) is 4.14. The van der Waals surface area contributed by atoms with Crippen LogP contribution in [0.4, 0.5) is 0 Å². The van der Waals surface area contributed by atoms with Crippen LogP contribution in [0.2, 0.25) is 0 Å². The number of rotatable bonds is 19. The molecule has 0 aromatic carbocycles. The van der Waals surface area contributed by atoms with E-state index in [1.54, 1.807) is 18.5 Å². The van der Waals surface area contributed by atoms with E-state index in [0.717, 1.165) is 0 Å². The van der Waals surface area contributed by atoms with Gasteiger partial charge in [0.15, 0.2) is 0 Å². The van der Waals surface area contributed by atoms with E-state index < -0.39 is 4.25 Å². The molecule has 0 aromatic heterocycles. The van der Waals surface area contributed by atoms with Gasteiger partial charge in [-0.25, -0.2) is 0 Å². The molecule has 154 valence electrons. The first-order valence-corrected chi connectivity index (χ1v) is 17.5.